The molecule has 2 heterocycles. The predicted octanol–water partition coefficient (Wildman–Crippen LogP) is 7.53. The van der Waals surface area contributed by atoms with Gasteiger partial charge in [-0.25, -0.2) is 0 Å². The van der Waals surface area contributed by atoms with Gasteiger partial charge < -0.3 is 70.2 Å². The Balaban J connectivity index is 1.93. The summed E-state index contributed by atoms with van der Waals surface area (Å²) in [4.78, 5) is 13.7. The van der Waals surface area contributed by atoms with Crippen LogP contribution in [0.4, 0.5) is 0 Å². The highest BCUT2D eigenvalue weighted by atomic mass is 16.7. The summed E-state index contributed by atoms with van der Waals surface area (Å²) >= 11 is 0. The van der Waals surface area contributed by atoms with Crippen LogP contribution in [0.25, 0.3) is 0 Å². The van der Waals surface area contributed by atoms with Gasteiger partial charge in [0.2, 0.25) is 5.91 Å². The van der Waals surface area contributed by atoms with Crippen LogP contribution in [0.3, 0.4) is 0 Å². The Morgan fingerprint density at radius 2 is 0.768 bits per heavy atom. The van der Waals surface area contributed by atoms with E-state index in [1.165, 1.54) is 154 Å². The van der Waals surface area contributed by atoms with Crippen molar-refractivity contribution in [3.05, 3.63) is 0 Å². The van der Waals surface area contributed by atoms with Gasteiger partial charge in [-0.2, -0.15) is 0 Å². The molecule has 0 aromatic rings. The van der Waals surface area contributed by atoms with Crippen LogP contribution >= 0.6 is 0 Å². The Bertz CT molecular complexity index is 1190. The maximum Gasteiger partial charge on any atom is 0.249 e. The molecule has 0 saturated carbocycles. The molecule has 0 unspecified atom stereocenters. The first-order valence-corrected chi connectivity index (χ1v) is 28.4. The summed E-state index contributed by atoms with van der Waals surface area (Å²) < 4.78 is 23.5. The molecule has 2 fully saturated rings. The van der Waals surface area contributed by atoms with Crippen LogP contribution in [0.2, 0.25) is 0 Å². The van der Waals surface area contributed by atoms with Gasteiger partial charge in [-0.05, 0) is 12.8 Å². The molecule has 13 atom stereocenters. The maximum atomic E-state index is 13.7. The second-order valence-electron chi connectivity index (χ2n) is 20.6. The fraction of sp³-hybridized carbons (Fsp3) is 0.981. The van der Waals surface area contributed by atoms with E-state index in [9.17, 15) is 50.8 Å². The van der Waals surface area contributed by atoms with E-state index < -0.39 is 105 Å². The number of nitrogens with one attached hydrogen (secondary N) is 1. The Morgan fingerprint density at radius 3 is 1.13 bits per heavy atom. The van der Waals surface area contributed by atoms with E-state index >= 15 is 0 Å². The van der Waals surface area contributed by atoms with Crippen molar-refractivity contribution in [2.75, 3.05) is 19.8 Å². The summed E-state index contributed by atoms with van der Waals surface area (Å²) in [5.41, 5.74) is 0. The Labute approximate surface area is 417 Å². The summed E-state index contributed by atoms with van der Waals surface area (Å²) in [7, 11) is 0. The lowest BCUT2D eigenvalue weighted by Gasteiger charge is -2.42. The minimum atomic E-state index is -1.72. The molecule has 15 heteroatoms. The van der Waals surface area contributed by atoms with Crippen molar-refractivity contribution in [3.63, 3.8) is 0 Å². The van der Waals surface area contributed by atoms with Gasteiger partial charge in [0.05, 0.1) is 32.0 Å². The second-order valence-corrected chi connectivity index (χ2v) is 20.6. The number of amides is 1. The zero-order valence-corrected chi connectivity index (χ0v) is 43.4. The molecule has 0 aliphatic carbocycles. The van der Waals surface area contributed by atoms with E-state index in [4.69, 9.17) is 18.9 Å². The fourth-order valence-electron chi connectivity index (χ4n) is 9.73. The zero-order valence-electron chi connectivity index (χ0n) is 43.4. The molecule has 2 aliphatic heterocycles. The van der Waals surface area contributed by atoms with Crippen molar-refractivity contribution >= 4 is 5.91 Å². The highest BCUT2D eigenvalue weighted by Crippen LogP contribution is 2.28. The minimum Gasteiger partial charge on any atom is -0.394 e. The highest BCUT2D eigenvalue weighted by molar-refractivity contribution is 5.80. The first kappa shape index (κ1) is 64.1. The first-order valence-electron chi connectivity index (χ1n) is 28.4. The SMILES string of the molecule is CCCCCCCCCCCCCCCCCCCCCC[C@@H](O)C(=O)N[C@@H](CO[C@H]1O[C@H](CO)[C@H](O)[C@H](O)[C@H]1O)[C@@H](CCCCCCCCCCCCCCC)O[C@@H]1O[C@H](CO)[C@H](O)[C@H](O)[C@H]1O. The third kappa shape index (κ3) is 27.7. The molecule has 0 aromatic heterocycles. The van der Waals surface area contributed by atoms with Crippen molar-refractivity contribution in [1.82, 2.24) is 5.32 Å². The smallest absolute Gasteiger partial charge is 0.249 e. The molecular weight excluding hydrogens is 887 g/mol. The van der Waals surface area contributed by atoms with Gasteiger partial charge in [-0.15, -0.1) is 0 Å². The molecule has 0 radical (unpaired) electrons. The molecule has 69 heavy (non-hydrogen) atoms. The van der Waals surface area contributed by atoms with Gasteiger partial charge >= 0.3 is 0 Å². The lowest BCUT2D eigenvalue weighted by atomic mass is 9.98. The fourth-order valence-corrected chi connectivity index (χ4v) is 9.73. The van der Waals surface area contributed by atoms with Crippen molar-refractivity contribution in [2.45, 2.75) is 318 Å². The summed E-state index contributed by atoms with van der Waals surface area (Å²) in [5, 5.41) is 97.1. The van der Waals surface area contributed by atoms with Crippen LogP contribution in [-0.2, 0) is 23.7 Å². The van der Waals surface area contributed by atoms with Gasteiger partial charge in [0.1, 0.15) is 54.9 Å². The number of unbranched alkanes of at least 4 members (excludes halogenated alkanes) is 31. The topological polar surface area (TPSA) is 248 Å². The lowest BCUT2D eigenvalue weighted by molar-refractivity contribution is -0.319. The Kier molecular flexibility index (Phi) is 38.4. The number of ether oxygens (including phenoxy) is 4. The Morgan fingerprint density at radius 1 is 0.449 bits per heavy atom. The standard InChI is InChI=1S/C54H105NO14/c1-3-5-7-9-11-13-15-17-18-19-20-21-22-23-25-26-28-30-32-34-36-42(58)52(65)55-41(40-66-53-50(63)48(61)46(59)44(38-56)68-53)43(67-54-51(64)49(62)47(60)45(39-57)69-54)37-35-33-31-29-27-24-16-14-12-10-8-6-4-2/h41-51,53-54,56-64H,3-40H2,1-2H3,(H,55,65)/t41-,42+,43+,44+,45+,46-,47-,48-,49-,50+,51+,53-,54+/m0/s1. The highest BCUT2D eigenvalue weighted by Gasteiger charge is 2.47. The van der Waals surface area contributed by atoms with E-state index in [0.29, 0.717) is 19.3 Å². The average molecular weight is 992 g/mol. The number of rotatable bonds is 45. The average Bonchev–Trinajstić information content (AvgIpc) is 3.35. The van der Waals surface area contributed by atoms with Gasteiger partial charge in [0.25, 0.3) is 0 Å². The van der Waals surface area contributed by atoms with Gasteiger partial charge in [-0.3, -0.25) is 4.79 Å². The quantitative estimate of drug-likeness (QED) is 0.0265. The number of hydrogen-bond acceptors (Lipinski definition) is 14. The van der Waals surface area contributed by atoms with Crippen LogP contribution in [0.15, 0.2) is 0 Å². The summed E-state index contributed by atoms with van der Waals surface area (Å²) in [6.45, 7) is 2.75. The third-order valence-corrected chi connectivity index (χ3v) is 14.4. The number of carbonyl (C=O) groups excluding carboxylic acids is 1. The third-order valence-electron chi connectivity index (χ3n) is 14.4. The first-order chi connectivity index (χ1) is 33.5. The summed E-state index contributed by atoms with van der Waals surface area (Å²) in [6, 6.07) is -1.07. The second kappa shape index (κ2) is 41.3. The molecule has 15 nitrogen and oxygen atoms in total. The van der Waals surface area contributed by atoms with Gasteiger partial charge in [0.15, 0.2) is 12.6 Å². The van der Waals surface area contributed by atoms with E-state index in [2.05, 4.69) is 19.2 Å². The zero-order chi connectivity index (χ0) is 50.5. The van der Waals surface area contributed by atoms with Crippen LogP contribution in [0, 0.1) is 0 Å². The lowest BCUT2D eigenvalue weighted by Crippen LogP contribution is -2.62. The van der Waals surface area contributed by atoms with Crippen LogP contribution < -0.4 is 5.32 Å². The van der Waals surface area contributed by atoms with Crippen LogP contribution in [-0.4, -0.2) is 151 Å². The molecule has 0 spiro atoms. The van der Waals surface area contributed by atoms with Crippen molar-refractivity contribution in [2.24, 2.45) is 0 Å². The largest absolute Gasteiger partial charge is 0.394 e. The normalized spacial score (nSPS) is 26.5. The van der Waals surface area contributed by atoms with Crippen molar-refractivity contribution < 1.29 is 69.7 Å². The number of hydrogen-bond donors (Lipinski definition) is 10. The van der Waals surface area contributed by atoms with Crippen molar-refractivity contribution in [1.29, 1.82) is 0 Å². The Hall–Kier alpha value is -1.05. The minimum absolute atomic E-state index is 0.224. The van der Waals surface area contributed by atoms with Gasteiger partial charge in [-0.1, -0.05) is 226 Å². The van der Waals surface area contributed by atoms with Crippen LogP contribution in [0.1, 0.15) is 239 Å². The van der Waals surface area contributed by atoms with E-state index in [-0.39, 0.29) is 6.42 Å². The number of aliphatic hydroxyl groups excluding tert-OH is 9. The summed E-state index contributed by atoms with van der Waals surface area (Å²) in [5.74, 6) is -0.692. The van der Waals surface area contributed by atoms with E-state index in [1.54, 1.807) is 0 Å². The molecule has 2 saturated heterocycles. The van der Waals surface area contributed by atoms with Crippen molar-refractivity contribution in [3.8, 4) is 0 Å². The maximum absolute atomic E-state index is 13.7. The van der Waals surface area contributed by atoms with E-state index in [1.807, 2.05) is 0 Å². The number of aliphatic hydroxyl groups is 9. The molecule has 0 aromatic carbocycles. The van der Waals surface area contributed by atoms with Gasteiger partial charge in [0, 0.05) is 0 Å². The monoisotopic (exact) mass is 992 g/mol. The summed E-state index contributed by atoms with van der Waals surface area (Å²) in [6.07, 6.45) is 22.2. The predicted molar refractivity (Wildman–Crippen MR) is 269 cm³/mol. The molecule has 0 bridgehead atoms. The molecule has 1 amide bonds. The molecule has 10 N–H and O–H groups in total. The molecular formula is C54H105NO14. The molecule has 2 aliphatic rings. The van der Waals surface area contributed by atoms with E-state index in [0.717, 1.165) is 44.9 Å². The van der Waals surface area contributed by atoms with Crippen LogP contribution in [0.5, 0.6) is 0 Å². The molecule has 410 valence electrons. The molecule has 2 rings (SSSR count). The number of carbonyl (C=O) groups is 1.